The lowest BCUT2D eigenvalue weighted by molar-refractivity contribution is -0.116. The molecule has 0 radical (unpaired) electrons. The Morgan fingerprint density at radius 2 is 1.88 bits per heavy atom. The number of fused-ring (bicyclic) bond motifs is 1. The van der Waals surface area contributed by atoms with Gasteiger partial charge >= 0.3 is 0 Å². The van der Waals surface area contributed by atoms with Crippen molar-refractivity contribution in [2.45, 2.75) is 30.6 Å². The first-order chi connectivity index (χ1) is 11.7. The molecule has 1 aliphatic rings. The van der Waals surface area contributed by atoms with Gasteiger partial charge in [0.25, 0.3) is 0 Å². The van der Waals surface area contributed by atoms with Crippen LogP contribution < -0.4 is 10.1 Å². The minimum absolute atomic E-state index is 0.0387. The SMILES string of the molecule is O=C1CCc2cccc(OCCCC[S+]([O-])c3ccccc3)c2N1. The number of ether oxygens (including phenoxy) is 1. The maximum absolute atomic E-state index is 12.1. The average molecular weight is 343 g/mol. The number of carbonyl (C=O) groups excluding carboxylic acids is 1. The monoisotopic (exact) mass is 343 g/mol. The number of carbonyl (C=O) groups is 1. The number of unbranched alkanes of at least 4 members (excludes halogenated alkanes) is 1. The van der Waals surface area contributed by atoms with Crippen molar-refractivity contribution in [2.75, 3.05) is 17.7 Å². The molecule has 1 aliphatic heterocycles. The highest BCUT2D eigenvalue weighted by atomic mass is 32.2. The molecule has 0 spiro atoms. The van der Waals surface area contributed by atoms with Gasteiger partial charge in [0.05, 0.1) is 12.3 Å². The van der Waals surface area contributed by atoms with E-state index in [9.17, 15) is 9.35 Å². The Hall–Kier alpha value is -1.98. The largest absolute Gasteiger partial charge is 0.611 e. The fraction of sp³-hybridized carbons (Fsp3) is 0.316. The zero-order chi connectivity index (χ0) is 16.8. The Morgan fingerprint density at radius 3 is 2.71 bits per heavy atom. The first kappa shape index (κ1) is 16.9. The third kappa shape index (κ3) is 4.30. The molecule has 0 saturated heterocycles. The van der Waals surface area contributed by atoms with Gasteiger partial charge in [0.2, 0.25) is 5.91 Å². The third-order valence-electron chi connectivity index (χ3n) is 3.99. The minimum Gasteiger partial charge on any atom is -0.611 e. The summed E-state index contributed by atoms with van der Waals surface area (Å²) in [4.78, 5) is 12.4. The van der Waals surface area contributed by atoms with Crippen molar-refractivity contribution < 1.29 is 14.1 Å². The van der Waals surface area contributed by atoms with Crippen LogP contribution in [0.4, 0.5) is 5.69 Å². The van der Waals surface area contributed by atoms with Crippen molar-refractivity contribution in [2.24, 2.45) is 0 Å². The first-order valence-corrected chi connectivity index (χ1v) is 9.54. The molecule has 1 unspecified atom stereocenters. The van der Waals surface area contributed by atoms with Crippen molar-refractivity contribution in [3.63, 3.8) is 0 Å². The van der Waals surface area contributed by atoms with Crippen molar-refractivity contribution in [3.05, 3.63) is 54.1 Å². The number of benzene rings is 2. The smallest absolute Gasteiger partial charge is 0.224 e. The molecule has 0 bridgehead atoms. The number of anilines is 1. The standard InChI is InChI=1S/C19H21NO3S/c21-18-12-11-15-7-6-10-17(19(15)20-18)23-13-4-5-14-24(22)16-8-2-1-3-9-16/h1-3,6-10H,4-5,11-14H2,(H,20,21). The van der Waals surface area contributed by atoms with E-state index in [-0.39, 0.29) is 5.91 Å². The van der Waals surface area contributed by atoms with Crippen molar-refractivity contribution in [1.29, 1.82) is 0 Å². The second-order valence-corrected chi connectivity index (χ2v) is 7.33. The van der Waals surface area contributed by atoms with Crippen LogP contribution in [0.5, 0.6) is 5.75 Å². The van der Waals surface area contributed by atoms with Crippen LogP contribution in [-0.4, -0.2) is 22.8 Å². The Bertz CT molecular complexity index is 690. The molecule has 2 aromatic rings. The zero-order valence-electron chi connectivity index (χ0n) is 13.5. The molecule has 1 amide bonds. The van der Waals surface area contributed by atoms with E-state index in [1.165, 1.54) is 0 Å². The summed E-state index contributed by atoms with van der Waals surface area (Å²) >= 11 is -0.951. The summed E-state index contributed by atoms with van der Waals surface area (Å²) in [6.07, 6.45) is 2.95. The molecule has 1 N–H and O–H groups in total. The van der Waals surface area contributed by atoms with Crippen LogP contribution in [0.25, 0.3) is 0 Å². The van der Waals surface area contributed by atoms with Crippen LogP contribution >= 0.6 is 0 Å². The normalized spacial score (nSPS) is 14.6. The lowest BCUT2D eigenvalue weighted by Crippen LogP contribution is -2.19. The minimum atomic E-state index is -0.951. The molecule has 0 saturated carbocycles. The molecular weight excluding hydrogens is 322 g/mol. The Kier molecular flexibility index (Phi) is 5.77. The van der Waals surface area contributed by atoms with E-state index in [1.54, 1.807) is 0 Å². The van der Waals surface area contributed by atoms with E-state index in [0.29, 0.717) is 18.8 Å². The van der Waals surface area contributed by atoms with Crippen LogP contribution in [0.15, 0.2) is 53.4 Å². The summed E-state index contributed by atoms with van der Waals surface area (Å²) in [5.41, 5.74) is 1.93. The number of hydrogen-bond acceptors (Lipinski definition) is 3. The van der Waals surface area contributed by atoms with Gasteiger partial charge in [0.15, 0.2) is 4.90 Å². The Morgan fingerprint density at radius 1 is 1.04 bits per heavy atom. The molecule has 2 aromatic carbocycles. The van der Waals surface area contributed by atoms with Gasteiger partial charge in [-0.25, -0.2) is 0 Å². The molecule has 0 aromatic heterocycles. The highest BCUT2D eigenvalue weighted by molar-refractivity contribution is 7.91. The van der Waals surface area contributed by atoms with E-state index in [1.807, 2.05) is 48.5 Å². The summed E-state index contributed by atoms with van der Waals surface area (Å²) in [7, 11) is 0. The van der Waals surface area contributed by atoms with Crippen LogP contribution in [0.3, 0.4) is 0 Å². The van der Waals surface area contributed by atoms with E-state index >= 15 is 0 Å². The van der Waals surface area contributed by atoms with Gasteiger partial charge in [-0.15, -0.1) is 0 Å². The second-order valence-electron chi connectivity index (χ2n) is 5.76. The molecule has 3 rings (SSSR count). The average Bonchev–Trinajstić information content (AvgIpc) is 2.62. The lowest BCUT2D eigenvalue weighted by atomic mass is 10.0. The molecular formula is C19H21NO3S. The molecule has 126 valence electrons. The number of hydrogen-bond donors (Lipinski definition) is 1. The highest BCUT2D eigenvalue weighted by Crippen LogP contribution is 2.32. The summed E-state index contributed by atoms with van der Waals surface area (Å²) in [6.45, 7) is 0.554. The predicted octanol–water partition coefficient (Wildman–Crippen LogP) is 3.54. The van der Waals surface area contributed by atoms with Crippen LogP contribution in [0.1, 0.15) is 24.8 Å². The molecule has 1 atom stereocenters. The van der Waals surface area contributed by atoms with Gasteiger partial charge in [-0.3, -0.25) is 4.79 Å². The van der Waals surface area contributed by atoms with Gasteiger partial charge in [0.1, 0.15) is 11.5 Å². The van der Waals surface area contributed by atoms with Gasteiger partial charge in [-0.1, -0.05) is 30.3 Å². The highest BCUT2D eigenvalue weighted by Gasteiger charge is 2.18. The van der Waals surface area contributed by atoms with E-state index in [2.05, 4.69) is 5.32 Å². The van der Waals surface area contributed by atoms with Crippen molar-refractivity contribution in [1.82, 2.24) is 0 Å². The van der Waals surface area contributed by atoms with E-state index < -0.39 is 11.2 Å². The second kappa shape index (κ2) is 8.22. The van der Waals surface area contributed by atoms with Crippen molar-refractivity contribution in [3.8, 4) is 5.75 Å². The summed E-state index contributed by atoms with van der Waals surface area (Å²) in [6, 6.07) is 15.4. The third-order valence-corrected chi connectivity index (χ3v) is 5.44. The fourth-order valence-electron chi connectivity index (χ4n) is 2.70. The number of nitrogens with one attached hydrogen (secondary N) is 1. The maximum Gasteiger partial charge on any atom is 0.224 e. The number of amides is 1. The first-order valence-electron chi connectivity index (χ1n) is 8.22. The summed E-state index contributed by atoms with van der Waals surface area (Å²) < 4.78 is 18.0. The lowest BCUT2D eigenvalue weighted by Gasteiger charge is -2.20. The van der Waals surface area contributed by atoms with Gasteiger partial charge in [-0.05, 0) is 54.2 Å². The van der Waals surface area contributed by atoms with Crippen LogP contribution in [-0.2, 0) is 22.4 Å². The zero-order valence-corrected chi connectivity index (χ0v) is 14.3. The van der Waals surface area contributed by atoms with E-state index in [0.717, 1.165) is 41.2 Å². The van der Waals surface area contributed by atoms with E-state index in [4.69, 9.17) is 4.74 Å². The quantitative estimate of drug-likeness (QED) is 0.618. The summed E-state index contributed by atoms with van der Waals surface area (Å²) in [5, 5.41) is 2.90. The van der Waals surface area contributed by atoms with Crippen LogP contribution in [0.2, 0.25) is 0 Å². The molecule has 0 aliphatic carbocycles. The number of rotatable bonds is 7. The van der Waals surface area contributed by atoms with Gasteiger partial charge < -0.3 is 14.6 Å². The van der Waals surface area contributed by atoms with Gasteiger partial charge in [-0.2, -0.15) is 0 Å². The molecule has 0 fully saturated rings. The Labute approximate surface area is 145 Å². The maximum atomic E-state index is 12.1. The molecule has 4 nitrogen and oxygen atoms in total. The molecule has 1 heterocycles. The van der Waals surface area contributed by atoms with Gasteiger partial charge in [0, 0.05) is 6.42 Å². The fourth-order valence-corrected chi connectivity index (χ4v) is 3.87. The van der Waals surface area contributed by atoms with Crippen molar-refractivity contribution >= 4 is 22.8 Å². The molecule has 24 heavy (non-hydrogen) atoms. The predicted molar refractivity (Wildman–Crippen MR) is 95.8 cm³/mol. The summed E-state index contributed by atoms with van der Waals surface area (Å²) in [5.74, 6) is 1.40. The van der Waals surface area contributed by atoms with Crippen LogP contribution in [0, 0.1) is 0 Å². The number of aryl methyl sites for hydroxylation is 1. The Balaban J connectivity index is 1.45. The molecule has 5 heteroatoms. The topological polar surface area (TPSA) is 61.4 Å². The number of para-hydroxylation sites is 1.